The van der Waals surface area contributed by atoms with Crippen molar-refractivity contribution in [3.63, 3.8) is 0 Å². The molecule has 98 valence electrons. The first kappa shape index (κ1) is 12.7. The highest BCUT2D eigenvalue weighted by atomic mass is 19.4. The summed E-state index contributed by atoms with van der Waals surface area (Å²) in [6.07, 6.45) is -10.1. The minimum Gasteiger partial charge on any atom is -0.285 e. The van der Waals surface area contributed by atoms with Gasteiger partial charge in [0.15, 0.2) is 0 Å². The highest BCUT2D eigenvalue weighted by molar-refractivity contribution is 5.16. The molecule has 0 N–H and O–H groups in total. The fourth-order valence-electron chi connectivity index (χ4n) is 2.35. The van der Waals surface area contributed by atoms with Crippen LogP contribution in [-0.4, -0.2) is 24.9 Å². The van der Waals surface area contributed by atoms with Crippen LogP contribution in [0.2, 0.25) is 0 Å². The van der Waals surface area contributed by atoms with Crippen LogP contribution in [-0.2, 0) is 9.47 Å². The summed E-state index contributed by atoms with van der Waals surface area (Å²) in [4.78, 5) is 0. The number of halogens is 6. The van der Waals surface area contributed by atoms with Crippen LogP contribution in [0.5, 0.6) is 0 Å². The molecule has 17 heavy (non-hydrogen) atoms. The number of hydrogen-bond acceptors (Lipinski definition) is 2. The molecule has 1 fully saturated rings. The third kappa shape index (κ3) is 2.92. The molecule has 2 nitrogen and oxygen atoms in total. The van der Waals surface area contributed by atoms with E-state index >= 15 is 0 Å². The van der Waals surface area contributed by atoms with Crippen LogP contribution in [0.3, 0.4) is 0 Å². The number of fused-ring (bicyclic) bond motifs is 2. The van der Waals surface area contributed by atoms with Crippen molar-refractivity contribution < 1.29 is 35.8 Å². The van der Waals surface area contributed by atoms with Crippen molar-refractivity contribution in [3.05, 3.63) is 12.2 Å². The van der Waals surface area contributed by atoms with E-state index in [1.807, 2.05) is 0 Å². The third-order valence-electron chi connectivity index (χ3n) is 2.86. The van der Waals surface area contributed by atoms with Gasteiger partial charge in [-0.15, -0.1) is 26.3 Å². The first-order valence-electron chi connectivity index (χ1n) is 4.83. The molecule has 0 radical (unpaired) electrons. The molecule has 0 aromatic rings. The monoisotopic (exact) mass is 262 g/mol. The van der Waals surface area contributed by atoms with Gasteiger partial charge in [0.2, 0.25) is 0 Å². The topological polar surface area (TPSA) is 18.5 Å². The van der Waals surface area contributed by atoms with Gasteiger partial charge in [0.25, 0.3) is 0 Å². The van der Waals surface area contributed by atoms with Gasteiger partial charge in [-0.05, 0) is 6.42 Å². The molecule has 8 heteroatoms. The molecule has 2 aliphatic rings. The van der Waals surface area contributed by atoms with Crippen molar-refractivity contribution >= 4 is 0 Å². The Balaban J connectivity index is 2.10. The van der Waals surface area contributed by atoms with Crippen molar-refractivity contribution in [1.29, 1.82) is 0 Å². The molecule has 0 heterocycles. The first-order valence-corrected chi connectivity index (χ1v) is 4.83. The normalized spacial score (nSPS) is 36.8. The van der Waals surface area contributed by atoms with Crippen LogP contribution in [0, 0.1) is 11.8 Å². The minimum atomic E-state index is -4.96. The Labute approximate surface area is 92.2 Å². The maximum atomic E-state index is 12.1. The zero-order valence-corrected chi connectivity index (χ0v) is 8.26. The van der Waals surface area contributed by atoms with Crippen LogP contribution in [0.25, 0.3) is 0 Å². The molecular weight excluding hydrogens is 254 g/mol. The summed E-state index contributed by atoms with van der Waals surface area (Å²) in [5.74, 6) is -1.34. The summed E-state index contributed by atoms with van der Waals surface area (Å²) in [7, 11) is 0. The number of ether oxygens (including phenoxy) is 2. The third-order valence-corrected chi connectivity index (χ3v) is 2.86. The lowest BCUT2D eigenvalue weighted by atomic mass is 10.0. The average molecular weight is 262 g/mol. The van der Waals surface area contributed by atoms with Crippen LogP contribution in [0.4, 0.5) is 26.3 Å². The molecule has 0 aliphatic heterocycles. The van der Waals surface area contributed by atoms with E-state index in [-0.39, 0.29) is 6.42 Å². The Morgan fingerprint density at radius 2 is 1.12 bits per heavy atom. The first-order chi connectivity index (χ1) is 7.66. The second-order valence-electron chi connectivity index (χ2n) is 4.00. The summed E-state index contributed by atoms with van der Waals surface area (Å²) in [5.41, 5.74) is 0. The Kier molecular flexibility index (Phi) is 2.89. The van der Waals surface area contributed by atoms with Gasteiger partial charge in [0.1, 0.15) is 12.2 Å². The fraction of sp³-hybridized carbons (Fsp3) is 0.778. The SMILES string of the molecule is FC(F)(F)OC1C2C=CC(C2)C1OC(F)(F)F. The largest absolute Gasteiger partial charge is 0.522 e. The summed E-state index contributed by atoms with van der Waals surface area (Å²) in [6.45, 7) is 0. The molecule has 0 spiro atoms. The zero-order valence-electron chi connectivity index (χ0n) is 8.26. The van der Waals surface area contributed by atoms with E-state index in [0.29, 0.717) is 0 Å². The van der Waals surface area contributed by atoms with Gasteiger partial charge in [0.05, 0.1) is 0 Å². The molecule has 4 atom stereocenters. The highest BCUT2D eigenvalue weighted by Crippen LogP contribution is 2.46. The molecule has 2 aliphatic carbocycles. The second kappa shape index (κ2) is 3.88. The van der Waals surface area contributed by atoms with Crippen molar-refractivity contribution in [2.75, 3.05) is 0 Å². The standard InChI is InChI=1S/C9H8F6O2/c10-8(11,12)16-6-4-1-2-5(3-4)7(6)17-9(13,14)15/h1-2,4-7H,3H2. The lowest BCUT2D eigenvalue weighted by Crippen LogP contribution is -2.41. The van der Waals surface area contributed by atoms with E-state index in [1.165, 1.54) is 12.2 Å². The van der Waals surface area contributed by atoms with Gasteiger partial charge in [-0.25, -0.2) is 0 Å². The van der Waals surface area contributed by atoms with Crippen LogP contribution in [0.15, 0.2) is 12.2 Å². The molecule has 0 amide bonds. The maximum absolute atomic E-state index is 12.1. The van der Waals surface area contributed by atoms with E-state index in [9.17, 15) is 26.3 Å². The Bertz CT molecular complexity index is 290. The quantitative estimate of drug-likeness (QED) is 0.562. The van der Waals surface area contributed by atoms with Crippen molar-refractivity contribution in [1.82, 2.24) is 0 Å². The molecule has 4 unspecified atom stereocenters. The van der Waals surface area contributed by atoms with Crippen molar-refractivity contribution in [2.45, 2.75) is 31.4 Å². The van der Waals surface area contributed by atoms with E-state index in [2.05, 4.69) is 9.47 Å². The van der Waals surface area contributed by atoms with Crippen LogP contribution >= 0.6 is 0 Å². The van der Waals surface area contributed by atoms with Crippen molar-refractivity contribution in [3.8, 4) is 0 Å². The average Bonchev–Trinajstić information content (AvgIpc) is 2.63. The lowest BCUT2D eigenvalue weighted by molar-refractivity contribution is -0.389. The number of rotatable bonds is 2. The molecule has 0 saturated heterocycles. The molecule has 2 rings (SSSR count). The summed E-state index contributed by atoms with van der Waals surface area (Å²) < 4.78 is 79.8. The highest BCUT2D eigenvalue weighted by Gasteiger charge is 2.54. The zero-order chi connectivity index (χ0) is 12.8. The Morgan fingerprint density at radius 3 is 1.41 bits per heavy atom. The minimum absolute atomic E-state index is 0.196. The van der Waals surface area contributed by atoms with E-state index in [1.54, 1.807) is 0 Å². The Hall–Kier alpha value is -0.760. The summed E-state index contributed by atoms with van der Waals surface area (Å²) >= 11 is 0. The number of alkyl halides is 6. The molecule has 2 bridgehead atoms. The van der Waals surface area contributed by atoms with Crippen LogP contribution in [0.1, 0.15) is 6.42 Å². The smallest absolute Gasteiger partial charge is 0.285 e. The van der Waals surface area contributed by atoms with Gasteiger partial charge in [-0.2, -0.15) is 0 Å². The van der Waals surface area contributed by atoms with E-state index < -0.39 is 36.8 Å². The van der Waals surface area contributed by atoms with Crippen molar-refractivity contribution in [2.24, 2.45) is 11.8 Å². The fourth-order valence-corrected chi connectivity index (χ4v) is 2.35. The van der Waals surface area contributed by atoms with Gasteiger partial charge in [-0.1, -0.05) is 12.2 Å². The number of hydrogen-bond donors (Lipinski definition) is 0. The lowest BCUT2D eigenvalue weighted by Gasteiger charge is -2.29. The summed E-state index contributed by atoms with van der Waals surface area (Å²) in [5, 5.41) is 0. The molecule has 1 saturated carbocycles. The second-order valence-corrected chi connectivity index (χ2v) is 4.00. The van der Waals surface area contributed by atoms with Crippen LogP contribution < -0.4 is 0 Å². The summed E-state index contributed by atoms with van der Waals surface area (Å²) in [6, 6.07) is 0. The predicted octanol–water partition coefficient (Wildman–Crippen LogP) is 3.00. The molecule has 0 aromatic heterocycles. The molecular formula is C9H8F6O2. The van der Waals surface area contributed by atoms with E-state index in [0.717, 1.165) is 0 Å². The maximum Gasteiger partial charge on any atom is 0.522 e. The predicted molar refractivity (Wildman–Crippen MR) is 42.6 cm³/mol. The van der Waals surface area contributed by atoms with Gasteiger partial charge in [-0.3, -0.25) is 9.47 Å². The van der Waals surface area contributed by atoms with Gasteiger partial charge in [0, 0.05) is 11.8 Å². The van der Waals surface area contributed by atoms with Gasteiger partial charge >= 0.3 is 12.7 Å². The molecule has 0 aromatic carbocycles. The van der Waals surface area contributed by atoms with E-state index in [4.69, 9.17) is 0 Å². The van der Waals surface area contributed by atoms with Gasteiger partial charge < -0.3 is 0 Å². The Morgan fingerprint density at radius 1 is 0.765 bits per heavy atom.